The minimum absolute atomic E-state index is 0.0360. The van der Waals surface area contributed by atoms with Gasteiger partial charge >= 0.3 is 0 Å². The lowest BCUT2D eigenvalue weighted by Gasteiger charge is -2.34. The monoisotopic (exact) mass is 470 g/mol. The molecule has 0 aliphatic carbocycles. The zero-order chi connectivity index (χ0) is 24.2. The van der Waals surface area contributed by atoms with E-state index in [0.29, 0.717) is 18.5 Å². The predicted molar refractivity (Wildman–Crippen MR) is 140 cm³/mol. The van der Waals surface area contributed by atoms with Gasteiger partial charge in [-0.3, -0.25) is 4.79 Å². The molecular formula is C29H31FN4O. The first kappa shape index (κ1) is 23.3. The van der Waals surface area contributed by atoms with Gasteiger partial charge in [-0.2, -0.15) is 0 Å². The molecule has 180 valence electrons. The van der Waals surface area contributed by atoms with Gasteiger partial charge in [0.2, 0.25) is 0 Å². The van der Waals surface area contributed by atoms with Crippen LogP contribution in [-0.2, 0) is 6.42 Å². The SMILES string of the molecule is CN1CCN(c2ccc3c(C(=O)[C@H](NCCc4ccc(F)cc4)c4ccccc4)c[nH]c3c2)CC1. The fourth-order valence-electron chi connectivity index (χ4n) is 4.75. The third-order valence-corrected chi connectivity index (χ3v) is 6.87. The van der Waals surface area contributed by atoms with E-state index in [9.17, 15) is 9.18 Å². The number of Topliss-reactive ketones (excluding diaryl/α,β-unsaturated/α-hetero) is 1. The standard InChI is InChI=1S/C29H31FN4O/c1-33-15-17-34(18-16-33)24-11-12-25-26(20-32-27(25)19-24)29(35)28(22-5-3-2-4-6-22)31-14-13-21-7-9-23(30)10-8-21/h2-12,19-20,28,31-32H,13-18H2,1H3/t28-/m1/s1. The van der Waals surface area contributed by atoms with Crippen LogP contribution in [0.2, 0.25) is 0 Å². The summed E-state index contributed by atoms with van der Waals surface area (Å²) in [6.45, 7) is 4.71. The molecule has 35 heavy (non-hydrogen) atoms. The van der Waals surface area contributed by atoms with Gasteiger partial charge in [-0.1, -0.05) is 48.5 Å². The van der Waals surface area contributed by atoms with Crippen molar-refractivity contribution < 1.29 is 9.18 Å². The normalized spacial score (nSPS) is 15.4. The van der Waals surface area contributed by atoms with Gasteiger partial charge in [-0.05, 0) is 48.9 Å². The van der Waals surface area contributed by atoms with Crippen molar-refractivity contribution in [2.45, 2.75) is 12.5 Å². The second-order valence-corrected chi connectivity index (χ2v) is 9.26. The second kappa shape index (κ2) is 10.4. The highest BCUT2D eigenvalue weighted by molar-refractivity contribution is 6.11. The van der Waals surface area contributed by atoms with Crippen LogP contribution in [0.15, 0.2) is 79.0 Å². The molecule has 1 fully saturated rings. The number of carbonyl (C=O) groups is 1. The van der Waals surface area contributed by atoms with E-state index in [4.69, 9.17) is 0 Å². The molecule has 0 spiro atoms. The number of H-pyrrole nitrogens is 1. The third-order valence-electron chi connectivity index (χ3n) is 6.87. The molecule has 4 aromatic rings. The molecule has 3 aromatic carbocycles. The van der Waals surface area contributed by atoms with E-state index < -0.39 is 6.04 Å². The smallest absolute Gasteiger partial charge is 0.186 e. The molecule has 2 heterocycles. The first-order valence-corrected chi connectivity index (χ1v) is 12.2. The Morgan fingerprint density at radius 3 is 2.49 bits per heavy atom. The lowest BCUT2D eigenvalue weighted by molar-refractivity contribution is 0.0945. The van der Waals surface area contributed by atoms with Crippen LogP contribution in [0.1, 0.15) is 27.5 Å². The van der Waals surface area contributed by atoms with Crippen LogP contribution in [0.4, 0.5) is 10.1 Å². The Morgan fingerprint density at radius 1 is 1.00 bits per heavy atom. The molecule has 1 atom stereocenters. The average Bonchev–Trinajstić information content (AvgIpc) is 3.32. The molecule has 0 bridgehead atoms. The molecular weight excluding hydrogens is 439 g/mol. The van der Waals surface area contributed by atoms with Gasteiger partial charge in [0.05, 0.1) is 6.04 Å². The van der Waals surface area contributed by atoms with Crippen molar-refractivity contribution in [3.8, 4) is 0 Å². The van der Waals surface area contributed by atoms with E-state index >= 15 is 0 Å². The number of rotatable bonds is 8. The summed E-state index contributed by atoms with van der Waals surface area (Å²) in [6, 6.07) is 22.2. The molecule has 5 rings (SSSR count). The number of hydrogen-bond acceptors (Lipinski definition) is 4. The number of carbonyl (C=O) groups excluding carboxylic acids is 1. The van der Waals surface area contributed by atoms with Gasteiger partial charge in [0.15, 0.2) is 5.78 Å². The molecule has 6 heteroatoms. The van der Waals surface area contributed by atoms with Crippen molar-refractivity contribution in [1.29, 1.82) is 0 Å². The summed E-state index contributed by atoms with van der Waals surface area (Å²) in [5, 5.41) is 4.39. The number of benzene rings is 3. The molecule has 1 aliphatic rings. The highest BCUT2D eigenvalue weighted by Crippen LogP contribution is 2.28. The van der Waals surface area contributed by atoms with E-state index in [-0.39, 0.29) is 11.6 Å². The molecule has 1 aliphatic heterocycles. The van der Waals surface area contributed by atoms with Crippen LogP contribution in [0, 0.1) is 5.82 Å². The molecule has 0 amide bonds. The number of nitrogens with one attached hydrogen (secondary N) is 2. The number of halogens is 1. The minimum atomic E-state index is -0.465. The maximum absolute atomic E-state index is 13.8. The number of hydrogen-bond donors (Lipinski definition) is 2. The van der Waals surface area contributed by atoms with E-state index in [1.807, 2.05) is 36.5 Å². The first-order valence-electron chi connectivity index (χ1n) is 12.2. The highest BCUT2D eigenvalue weighted by atomic mass is 19.1. The van der Waals surface area contributed by atoms with Crippen molar-refractivity contribution in [1.82, 2.24) is 15.2 Å². The number of fused-ring (bicyclic) bond motifs is 1. The first-order chi connectivity index (χ1) is 17.1. The van der Waals surface area contributed by atoms with Gasteiger partial charge in [0.25, 0.3) is 0 Å². The van der Waals surface area contributed by atoms with E-state index in [0.717, 1.165) is 48.2 Å². The molecule has 1 aromatic heterocycles. The van der Waals surface area contributed by atoms with Crippen molar-refractivity contribution in [3.63, 3.8) is 0 Å². The van der Waals surface area contributed by atoms with Crippen LogP contribution in [0.25, 0.3) is 10.9 Å². The minimum Gasteiger partial charge on any atom is -0.369 e. The lowest BCUT2D eigenvalue weighted by atomic mass is 9.96. The Balaban J connectivity index is 1.36. The Bertz CT molecular complexity index is 1280. The molecule has 0 radical (unpaired) electrons. The van der Waals surface area contributed by atoms with Crippen LogP contribution >= 0.6 is 0 Å². The van der Waals surface area contributed by atoms with Crippen molar-refractivity contribution >= 4 is 22.4 Å². The number of aromatic nitrogens is 1. The summed E-state index contributed by atoms with van der Waals surface area (Å²) in [5.41, 5.74) is 4.81. The van der Waals surface area contributed by atoms with E-state index in [2.05, 4.69) is 45.3 Å². The number of piperazine rings is 1. The van der Waals surface area contributed by atoms with Gasteiger partial charge in [0.1, 0.15) is 5.82 Å². The summed E-state index contributed by atoms with van der Waals surface area (Å²) in [5.74, 6) is -0.205. The highest BCUT2D eigenvalue weighted by Gasteiger charge is 2.24. The number of ketones is 1. The topological polar surface area (TPSA) is 51.4 Å². The largest absolute Gasteiger partial charge is 0.369 e. The van der Waals surface area contributed by atoms with Crippen LogP contribution in [-0.4, -0.2) is 55.4 Å². The Kier molecular flexibility index (Phi) is 6.93. The summed E-state index contributed by atoms with van der Waals surface area (Å²) in [7, 11) is 2.15. The van der Waals surface area contributed by atoms with Gasteiger partial charge < -0.3 is 20.1 Å². The summed E-state index contributed by atoms with van der Waals surface area (Å²) in [4.78, 5) is 21.8. The molecule has 0 unspecified atom stereocenters. The van der Waals surface area contributed by atoms with Crippen LogP contribution in [0.3, 0.4) is 0 Å². The van der Waals surface area contributed by atoms with Gasteiger partial charge in [-0.25, -0.2) is 4.39 Å². The Morgan fingerprint density at radius 2 is 1.74 bits per heavy atom. The third kappa shape index (κ3) is 5.29. The van der Waals surface area contributed by atoms with Crippen LogP contribution < -0.4 is 10.2 Å². The Labute approximate surface area is 205 Å². The number of anilines is 1. The van der Waals surface area contributed by atoms with Crippen LogP contribution in [0.5, 0.6) is 0 Å². The summed E-state index contributed by atoms with van der Waals surface area (Å²) < 4.78 is 13.2. The zero-order valence-corrected chi connectivity index (χ0v) is 20.0. The quantitative estimate of drug-likeness (QED) is 0.363. The fraction of sp³-hybridized carbons (Fsp3) is 0.276. The van der Waals surface area contributed by atoms with Crippen molar-refractivity contribution in [3.05, 3.63) is 102 Å². The fourth-order valence-corrected chi connectivity index (χ4v) is 4.75. The molecule has 1 saturated heterocycles. The number of likely N-dealkylation sites (N-methyl/N-ethyl adjacent to an activating group) is 1. The molecule has 2 N–H and O–H groups in total. The maximum atomic E-state index is 13.8. The zero-order valence-electron chi connectivity index (χ0n) is 20.0. The summed E-state index contributed by atoms with van der Waals surface area (Å²) >= 11 is 0. The van der Waals surface area contributed by atoms with E-state index in [1.54, 1.807) is 12.1 Å². The second-order valence-electron chi connectivity index (χ2n) is 9.26. The van der Waals surface area contributed by atoms with E-state index in [1.165, 1.54) is 17.8 Å². The van der Waals surface area contributed by atoms with Crippen molar-refractivity contribution in [2.75, 3.05) is 44.7 Å². The molecule has 5 nitrogen and oxygen atoms in total. The number of nitrogens with zero attached hydrogens (tertiary/aromatic N) is 2. The van der Waals surface area contributed by atoms with Crippen molar-refractivity contribution in [2.24, 2.45) is 0 Å². The molecule has 0 saturated carbocycles. The van der Waals surface area contributed by atoms with Gasteiger partial charge in [0, 0.05) is 61.1 Å². The van der Waals surface area contributed by atoms with Gasteiger partial charge in [-0.15, -0.1) is 0 Å². The maximum Gasteiger partial charge on any atom is 0.186 e. The number of aromatic amines is 1. The lowest BCUT2D eigenvalue weighted by Crippen LogP contribution is -2.44. The summed E-state index contributed by atoms with van der Waals surface area (Å²) in [6.07, 6.45) is 2.54. The average molecular weight is 471 g/mol. The Hall–Kier alpha value is -3.48. The predicted octanol–water partition coefficient (Wildman–Crippen LogP) is 4.82.